The molecule has 1 fully saturated rings. The van der Waals surface area contributed by atoms with Crippen LogP contribution in [0.2, 0.25) is 0 Å². The minimum absolute atomic E-state index is 0.249. The zero-order chi connectivity index (χ0) is 8.48. The van der Waals surface area contributed by atoms with Gasteiger partial charge in [-0.3, -0.25) is 9.11 Å². The molecule has 2 unspecified atom stereocenters. The molecule has 0 aromatic rings. The van der Waals surface area contributed by atoms with E-state index in [9.17, 15) is 0 Å². The molecule has 1 saturated heterocycles. The Kier molecular flexibility index (Phi) is 2.77. The van der Waals surface area contributed by atoms with Gasteiger partial charge in [0.1, 0.15) is 0 Å². The lowest BCUT2D eigenvalue weighted by atomic mass is 10.0. The van der Waals surface area contributed by atoms with E-state index in [1.165, 1.54) is 0 Å². The number of hydrogen-bond donors (Lipinski definition) is 3. The van der Waals surface area contributed by atoms with Gasteiger partial charge in [0, 0.05) is 6.61 Å². The molecule has 2 atom stereocenters. The summed E-state index contributed by atoms with van der Waals surface area (Å²) < 4.78 is 23.4. The van der Waals surface area contributed by atoms with Gasteiger partial charge in [0.05, 0.1) is 11.9 Å². The molecule has 4 nitrogen and oxygen atoms in total. The van der Waals surface area contributed by atoms with E-state index in [0.717, 1.165) is 6.42 Å². The normalized spacial score (nSPS) is 35.3. The summed E-state index contributed by atoms with van der Waals surface area (Å²) in [4.78, 5) is 0. The molecule has 0 saturated carbocycles. The zero-order valence-corrected chi connectivity index (χ0v) is 7.38. The highest BCUT2D eigenvalue weighted by atomic mass is 32.3. The van der Waals surface area contributed by atoms with E-state index in [1.807, 2.05) is 6.92 Å². The van der Waals surface area contributed by atoms with Gasteiger partial charge in [-0.1, -0.05) is 6.92 Å². The van der Waals surface area contributed by atoms with Gasteiger partial charge >= 0.3 is 0 Å². The van der Waals surface area contributed by atoms with Crippen LogP contribution >= 0.6 is 10.8 Å². The van der Waals surface area contributed by atoms with Crippen LogP contribution in [0, 0.1) is 5.92 Å². The number of nitrogens with two attached hydrogens (primary N) is 1. The van der Waals surface area contributed by atoms with Crippen molar-refractivity contribution in [2.75, 3.05) is 13.2 Å². The van der Waals surface area contributed by atoms with Crippen LogP contribution in [0.15, 0.2) is 0 Å². The van der Waals surface area contributed by atoms with Gasteiger partial charge in [-0.05, 0) is 12.3 Å². The summed E-state index contributed by atoms with van der Waals surface area (Å²) >= 11 is 0. The Morgan fingerprint density at radius 3 is 2.55 bits per heavy atom. The van der Waals surface area contributed by atoms with E-state index in [2.05, 4.69) is 0 Å². The van der Waals surface area contributed by atoms with Crippen LogP contribution in [0.25, 0.3) is 0 Å². The van der Waals surface area contributed by atoms with Crippen molar-refractivity contribution < 1.29 is 13.8 Å². The minimum Gasteiger partial charge on any atom is -0.379 e. The van der Waals surface area contributed by atoms with Crippen molar-refractivity contribution in [1.29, 1.82) is 0 Å². The monoisotopic (exact) mass is 181 g/mol. The molecule has 0 aliphatic carbocycles. The Morgan fingerprint density at radius 1 is 1.55 bits per heavy atom. The lowest BCUT2D eigenvalue weighted by Gasteiger charge is -2.41. The number of rotatable bonds is 1. The van der Waals surface area contributed by atoms with Crippen molar-refractivity contribution in [2.24, 2.45) is 11.1 Å². The molecule has 4 N–H and O–H groups in total. The van der Waals surface area contributed by atoms with Crippen molar-refractivity contribution in [3.8, 4) is 0 Å². The van der Waals surface area contributed by atoms with E-state index >= 15 is 0 Å². The van der Waals surface area contributed by atoms with Gasteiger partial charge in [0.2, 0.25) is 0 Å². The smallest absolute Gasteiger partial charge is 0.0895 e. The van der Waals surface area contributed by atoms with Crippen LogP contribution in [0.3, 0.4) is 0 Å². The van der Waals surface area contributed by atoms with Crippen LogP contribution in [-0.2, 0) is 4.74 Å². The second-order valence-corrected chi connectivity index (χ2v) is 4.90. The number of ether oxygens (including phenoxy) is 1. The van der Waals surface area contributed by atoms with Crippen LogP contribution in [0.5, 0.6) is 0 Å². The van der Waals surface area contributed by atoms with Crippen LogP contribution in [0.1, 0.15) is 13.3 Å². The van der Waals surface area contributed by atoms with E-state index in [4.69, 9.17) is 19.0 Å². The summed E-state index contributed by atoms with van der Waals surface area (Å²) in [6, 6.07) is 0. The van der Waals surface area contributed by atoms with Crippen molar-refractivity contribution in [1.82, 2.24) is 0 Å². The first kappa shape index (κ1) is 9.28. The Morgan fingerprint density at radius 2 is 2.18 bits per heavy atom. The Hall–Kier alpha value is 0.190. The summed E-state index contributed by atoms with van der Waals surface area (Å²) in [7, 11) is -2.90. The Labute approximate surface area is 68.2 Å². The first-order chi connectivity index (χ1) is 5.02. The molecule has 68 valence electrons. The molecule has 5 heteroatoms. The molecule has 11 heavy (non-hydrogen) atoms. The third-order valence-corrected chi connectivity index (χ3v) is 3.57. The molecule has 0 spiro atoms. The van der Waals surface area contributed by atoms with Gasteiger partial charge in [-0.25, -0.2) is 5.14 Å². The predicted molar refractivity (Wildman–Crippen MR) is 45.4 cm³/mol. The molecule has 0 radical (unpaired) electrons. The maximum absolute atomic E-state index is 9.15. The van der Waals surface area contributed by atoms with E-state index in [0.29, 0.717) is 13.2 Å². The van der Waals surface area contributed by atoms with Gasteiger partial charge in [0.25, 0.3) is 0 Å². The van der Waals surface area contributed by atoms with Crippen molar-refractivity contribution >= 4 is 10.8 Å². The SMILES string of the molecule is CC1CCOCC1S(N)(O)O. The van der Waals surface area contributed by atoms with E-state index < -0.39 is 10.8 Å². The van der Waals surface area contributed by atoms with Gasteiger partial charge in [-0.15, -0.1) is 10.8 Å². The van der Waals surface area contributed by atoms with Crippen molar-refractivity contribution in [3.05, 3.63) is 0 Å². The highest BCUT2D eigenvalue weighted by Crippen LogP contribution is 2.42. The molecule has 0 bridgehead atoms. The summed E-state index contributed by atoms with van der Waals surface area (Å²) in [5, 5.41) is 4.93. The van der Waals surface area contributed by atoms with Gasteiger partial charge in [0.15, 0.2) is 0 Å². The lowest BCUT2D eigenvalue weighted by Crippen LogP contribution is -2.38. The minimum atomic E-state index is -2.90. The fourth-order valence-electron chi connectivity index (χ4n) is 1.26. The third-order valence-electron chi connectivity index (χ3n) is 2.08. The standard InChI is InChI=1S/C6H15NO3S/c1-5-2-3-10-4-6(5)11(7,8)9/h5-6,8-9H,2-4,7H2,1H3. The maximum atomic E-state index is 9.15. The average molecular weight is 181 g/mol. The molecule has 1 aliphatic heterocycles. The molecule has 1 aliphatic rings. The average Bonchev–Trinajstić information content (AvgIpc) is 1.86. The molecule has 1 rings (SSSR count). The first-order valence-corrected chi connectivity index (χ1v) is 5.31. The second-order valence-electron chi connectivity index (χ2n) is 3.02. The van der Waals surface area contributed by atoms with Crippen molar-refractivity contribution in [2.45, 2.75) is 18.6 Å². The van der Waals surface area contributed by atoms with Gasteiger partial charge in [-0.2, -0.15) is 0 Å². The van der Waals surface area contributed by atoms with E-state index in [1.54, 1.807) is 0 Å². The zero-order valence-electron chi connectivity index (χ0n) is 6.56. The van der Waals surface area contributed by atoms with Crippen LogP contribution in [0.4, 0.5) is 0 Å². The Bertz CT molecular complexity index is 136. The Balaban J connectivity index is 2.55. The predicted octanol–water partition coefficient (Wildman–Crippen LogP) is 1.04. The van der Waals surface area contributed by atoms with Crippen molar-refractivity contribution in [3.63, 3.8) is 0 Å². The maximum Gasteiger partial charge on any atom is 0.0895 e. The molecular weight excluding hydrogens is 166 g/mol. The third kappa shape index (κ3) is 2.31. The molecular formula is C6H15NO3S. The van der Waals surface area contributed by atoms with Gasteiger partial charge < -0.3 is 4.74 Å². The van der Waals surface area contributed by atoms with Crippen LogP contribution < -0.4 is 5.14 Å². The summed E-state index contributed by atoms with van der Waals surface area (Å²) in [5.74, 6) is 0.249. The fourth-order valence-corrected chi connectivity index (χ4v) is 2.38. The second kappa shape index (κ2) is 3.28. The molecule has 1 heterocycles. The van der Waals surface area contributed by atoms with Crippen LogP contribution in [-0.4, -0.2) is 27.6 Å². The summed E-state index contributed by atoms with van der Waals surface area (Å²) in [6.45, 7) is 3.04. The largest absolute Gasteiger partial charge is 0.379 e. The lowest BCUT2D eigenvalue weighted by molar-refractivity contribution is 0.0718. The quantitative estimate of drug-likeness (QED) is 0.565. The summed E-state index contributed by atoms with van der Waals surface area (Å²) in [6.07, 6.45) is 0.859. The topological polar surface area (TPSA) is 75.7 Å². The molecule has 0 aromatic heterocycles. The highest BCUT2D eigenvalue weighted by Gasteiger charge is 2.30. The van der Waals surface area contributed by atoms with E-state index in [-0.39, 0.29) is 11.2 Å². The number of hydrogen-bond acceptors (Lipinski definition) is 4. The highest BCUT2D eigenvalue weighted by molar-refractivity contribution is 8.22. The molecule has 0 aromatic carbocycles. The fraction of sp³-hybridized carbons (Fsp3) is 1.00. The summed E-state index contributed by atoms with van der Waals surface area (Å²) in [5.41, 5.74) is 0. The first-order valence-electron chi connectivity index (χ1n) is 3.64. The molecule has 0 amide bonds.